The van der Waals surface area contributed by atoms with Crippen LogP contribution in [0.15, 0.2) is 30.0 Å². The number of amides is 1. The Kier molecular flexibility index (Phi) is 6.85. The maximum absolute atomic E-state index is 10.7. The number of rotatable bonds is 4. The van der Waals surface area contributed by atoms with Gasteiger partial charge in [-0.1, -0.05) is 29.8 Å². The van der Waals surface area contributed by atoms with Gasteiger partial charge in [0.15, 0.2) is 0 Å². The quantitative estimate of drug-likeness (QED) is 0.496. The molecule has 0 fully saturated rings. The topological polar surface area (TPSA) is 66.4 Å². The monoisotopic (exact) mass is 293 g/mol. The fourth-order valence-electron chi connectivity index (χ4n) is 1.04. The van der Waals surface area contributed by atoms with Crippen molar-refractivity contribution >= 4 is 18.5 Å². The molecule has 1 radical (unpaired) electrons. The summed E-state index contributed by atoms with van der Waals surface area (Å²) in [4.78, 5) is 20.7. The van der Waals surface area contributed by atoms with Crippen LogP contribution in [0.25, 0.3) is 6.08 Å². The van der Waals surface area contributed by atoms with E-state index in [9.17, 15) is 9.59 Å². The Morgan fingerprint density at radius 3 is 2.38 bits per heavy atom. The van der Waals surface area contributed by atoms with Crippen LogP contribution >= 0.6 is 0 Å². The first-order valence-corrected chi connectivity index (χ1v) is 4.28. The number of carbonyl (C=O) groups is 1. The molecule has 0 heterocycles. The third-order valence-corrected chi connectivity index (χ3v) is 1.80. The van der Waals surface area contributed by atoms with E-state index in [1.54, 1.807) is 12.1 Å². The average molecular weight is 293 g/mol. The van der Waals surface area contributed by atoms with Crippen LogP contribution < -0.4 is 5.32 Å². The minimum atomic E-state index is -1.20. The van der Waals surface area contributed by atoms with E-state index in [1.165, 1.54) is 12.5 Å². The van der Waals surface area contributed by atoms with Gasteiger partial charge in [-0.2, -0.15) is 0 Å². The van der Waals surface area contributed by atoms with Crippen LogP contribution in [0, 0.1) is 6.92 Å². The van der Waals surface area contributed by atoms with Gasteiger partial charge in [0.2, 0.25) is 0 Å². The first kappa shape index (κ1) is 15.0. The predicted molar refractivity (Wildman–Crippen MR) is 55.6 cm³/mol. The fraction of sp³-hybridized carbons (Fsp3) is 0.0909. The van der Waals surface area contributed by atoms with Crippen molar-refractivity contribution in [2.45, 2.75) is 6.92 Å². The van der Waals surface area contributed by atoms with Crippen LogP contribution in [0.3, 0.4) is 0 Å². The van der Waals surface area contributed by atoms with E-state index >= 15 is 0 Å². The van der Waals surface area contributed by atoms with Gasteiger partial charge in [0, 0.05) is 32.7 Å². The molecule has 5 heteroatoms. The normalized spacial score (nSPS) is 10.2. The molecule has 0 spiro atoms. The van der Waals surface area contributed by atoms with Crippen LogP contribution in [0.5, 0.6) is 0 Å². The predicted octanol–water partition coefficient (Wildman–Crippen LogP) is 1.07. The molecule has 0 aliphatic carbocycles. The summed E-state index contributed by atoms with van der Waals surface area (Å²) in [6, 6.07) is 7.25. The first-order chi connectivity index (χ1) is 7.13. The standard InChI is InChI=1S/C11H10NO3.Y/c1-8-2-4-9(5-3-8)6-10(11(14)15)12-7-13;/h2-6H,1H3,(H,12,13)(H,14,15);/q-1;/b10-6-;. The largest absolute Gasteiger partial charge is 0.490 e. The van der Waals surface area contributed by atoms with Gasteiger partial charge in [0.1, 0.15) is 0 Å². The van der Waals surface area contributed by atoms with Crippen molar-refractivity contribution in [1.29, 1.82) is 0 Å². The maximum atomic E-state index is 10.7. The van der Waals surface area contributed by atoms with E-state index in [2.05, 4.69) is 0 Å². The summed E-state index contributed by atoms with van der Waals surface area (Å²) in [5.74, 6) is -1.20. The molecule has 1 aromatic rings. The Hall–Kier alpha value is -0.996. The fourth-order valence-corrected chi connectivity index (χ4v) is 1.04. The summed E-state index contributed by atoms with van der Waals surface area (Å²) in [6.45, 7) is 1.93. The number of hydrogen-bond acceptors (Lipinski definition) is 2. The van der Waals surface area contributed by atoms with E-state index in [0.717, 1.165) is 5.56 Å². The Labute approximate surface area is 119 Å². The number of carboxylic acid groups (broad SMARTS) is 1. The molecule has 0 bridgehead atoms. The molecule has 0 aliphatic heterocycles. The molecular weight excluding hydrogens is 283 g/mol. The van der Waals surface area contributed by atoms with Crippen molar-refractivity contribution in [3.63, 3.8) is 0 Å². The molecule has 1 aromatic carbocycles. The van der Waals surface area contributed by atoms with Gasteiger partial charge in [-0.3, -0.25) is 4.79 Å². The molecule has 0 unspecified atom stereocenters. The summed E-state index contributed by atoms with van der Waals surface area (Å²) in [5.41, 5.74) is 1.59. The van der Waals surface area contributed by atoms with Crippen LogP contribution in [0.2, 0.25) is 0 Å². The molecule has 0 aromatic heterocycles. The number of benzene rings is 1. The summed E-state index contributed by atoms with van der Waals surface area (Å²) in [5, 5.41) is 10.7. The van der Waals surface area contributed by atoms with Gasteiger partial charge in [0.05, 0.1) is 6.41 Å². The van der Waals surface area contributed by atoms with Crippen molar-refractivity contribution in [3.05, 3.63) is 41.1 Å². The Balaban J connectivity index is 0.00000225. The van der Waals surface area contributed by atoms with E-state index in [-0.39, 0.29) is 38.4 Å². The number of nitrogens with one attached hydrogen (secondary N) is 1. The van der Waals surface area contributed by atoms with Crippen molar-refractivity contribution < 1.29 is 47.4 Å². The van der Waals surface area contributed by atoms with Crippen molar-refractivity contribution in [2.75, 3.05) is 0 Å². The maximum Gasteiger partial charge on any atom is 0.267 e. The molecule has 0 saturated heterocycles. The number of aliphatic carboxylic acids is 1. The average Bonchev–Trinajstić information content (AvgIpc) is 2.20. The summed E-state index contributed by atoms with van der Waals surface area (Å²) < 4.78 is 0. The van der Waals surface area contributed by atoms with Crippen LogP contribution in [0.4, 0.5) is 0 Å². The Morgan fingerprint density at radius 2 is 1.94 bits per heavy atom. The van der Waals surface area contributed by atoms with Crippen molar-refractivity contribution in [2.24, 2.45) is 0 Å². The summed E-state index contributed by atoms with van der Waals surface area (Å²) >= 11 is 0. The minimum absolute atomic E-state index is 0. The van der Waals surface area contributed by atoms with Gasteiger partial charge in [0.25, 0.3) is 5.97 Å². The molecule has 0 saturated carbocycles. The second-order valence-electron chi connectivity index (χ2n) is 3.00. The van der Waals surface area contributed by atoms with Gasteiger partial charge in [-0.25, -0.2) is 0 Å². The zero-order valence-corrected chi connectivity index (χ0v) is 11.6. The third kappa shape index (κ3) is 4.68. The summed E-state index contributed by atoms with van der Waals surface area (Å²) in [7, 11) is 0. The molecular formula is C11H10NO3Y-. The molecule has 1 amide bonds. The molecule has 81 valence electrons. The zero-order valence-electron chi connectivity index (χ0n) is 8.73. The number of hydrogen-bond donors (Lipinski definition) is 2. The van der Waals surface area contributed by atoms with E-state index in [0.29, 0.717) is 5.56 Å². The Morgan fingerprint density at radius 1 is 1.38 bits per heavy atom. The van der Waals surface area contributed by atoms with E-state index < -0.39 is 5.97 Å². The third-order valence-electron chi connectivity index (χ3n) is 1.80. The molecule has 0 aliphatic rings. The summed E-state index contributed by atoms with van der Waals surface area (Å²) in [6.07, 6.45) is 2.70. The van der Waals surface area contributed by atoms with Gasteiger partial charge in [-0.05, 0) is 18.2 Å². The van der Waals surface area contributed by atoms with Crippen LogP contribution in [-0.2, 0) is 42.3 Å². The molecule has 0 atom stereocenters. The number of aryl methyl sites for hydroxylation is 1. The zero-order chi connectivity index (χ0) is 11.3. The molecule has 1 rings (SSSR count). The number of carboxylic acids is 1. The number of carbonyl (C=O) groups excluding carboxylic acids is 1. The minimum Gasteiger partial charge on any atom is -0.490 e. The smallest absolute Gasteiger partial charge is 0.267 e. The van der Waals surface area contributed by atoms with Crippen LogP contribution in [-0.4, -0.2) is 17.5 Å². The van der Waals surface area contributed by atoms with Gasteiger partial charge in [-0.15, -0.1) is 6.08 Å². The second-order valence-corrected chi connectivity index (χ2v) is 3.00. The van der Waals surface area contributed by atoms with Crippen LogP contribution in [0.1, 0.15) is 11.1 Å². The molecule has 16 heavy (non-hydrogen) atoms. The first-order valence-electron chi connectivity index (χ1n) is 4.28. The van der Waals surface area contributed by atoms with E-state index in [1.807, 2.05) is 24.4 Å². The van der Waals surface area contributed by atoms with Gasteiger partial charge >= 0.3 is 0 Å². The van der Waals surface area contributed by atoms with Crippen molar-refractivity contribution in [3.8, 4) is 0 Å². The second kappa shape index (κ2) is 7.31. The SMILES string of the molecule is Cc1ccc(/C=C(\N[C-]=O)C(=O)O)cc1.[Y]. The molecule has 2 N–H and O–H groups in total. The Bertz CT molecular complexity index is 398. The van der Waals surface area contributed by atoms with Crippen molar-refractivity contribution in [1.82, 2.24) is 5.32 Å². The molecule has 4 nitrogen and oxygen atoms in total. The van der Waals surface area contributed by atoms with E-state index in [4.69, 9.17) is 5.11 Å². The van der Waals surface area contributed by atoms with Gasteiger partial charge < -0.3 is 15.2 Å².